The number of rotatable bonds is 2. The van der Waals surface area contributed by atoms with Gasteiger partial charge in [-0.3, -0.25) is 4.79 Å². The summed E-state index contributed by atoms with van der Waals surface area (Å²) in [7, 11) is 0. The summed E-state index contributed by atoms with van der Waals surface area (Å²) in [4.78, 5) is 10.5. The number of hydrogen-bond donors (Lipinski definition) is 1. The molecule has 0 aliphatic carbocycles. The molecule has 3 N–H and O–H groups in total. The molecule has 2 heteroatoms. The van der Waals surface area contributed by atoms with Crippen molar-refractivity contribution in [3.63, 3.8) is 0 Å². The van der Waals surface area contributed by atoms with Crippen LogP contribution in [0.25, 0.3) is 6.08 Å². The van der Waals surface area contributed by atoms with Crippen LogP contribution in [0.15, 0.2) is 36.4 Å². The van der Waals surface area contributed by atoms with Gasteiger partial charge in [-0.25, -0.2) is 0 Å². The highest BCUT2D eigenvalue weighted by Crippen LogP contribution is 2.00. The maximum absolute atomic E-state index is 10.5. The Bertz CT molecular complexity index is 264. The predicted octanol–water partition coefficient (Wildman–Crippen LogP) is 2.45. The summed E-state index contributed by atoms with van der Waals surface area (Å²) in [6, 6.07) is 9.75. The van der Waals surface area contributed by atoms with Crippen LogP contribution in [0.1, 0.15) is 12.5 Å². The molecule has 0 spiro atoms. The number of carbonyl (C=O) groups excluding carboxylic acids is 1. The standard InChI is InChI=1S/C10H10O.H3N/c1-9(11)7-8-10-5-3-2-4-6-10;/h2-8H,1H3;1H3. The average Bonchev–Trinajstić information content (AvgIpc) is 2.03. The van der Waals surface area contributed by atoms with Gasteiger partial charge in [-0.15, -0.1) is 0 Å². The number of allylic oxidation sites excluding steroid dienone is 1. The van der Waals surface area contributed by atoms with E-state index in [1.165, 1.54) is 0 Å². The molecule has 0 radical (unpaired) electrons. The SMILES string of the molecule is CC(=O)C=Cc1ccccc1.N. The van der Waals surface area contributed by atoms with Crippen LogP contribution in [0.3, 0.4) is 0 Å². The zero-order valence-electron chi connectivity index (χ0n) is 7.16. The Morgan fingerprint density at radius 2 is 1.83 bits per heavy atom. The summed E-state index contributed by atoms with van der Waals surface area (Å²) in [6.07, 6.45) is 3.37. The third-order valence-corrected chi connectivity index (χ3v) is 1.31. The summed E-state index contributed by atoms with van der Waals surface area (Å²) in [5.74, 6) is 0.0776. The molecule has 0 fully saturated rings. The van der Waals surface area contributed by atoms with Gasteiger partial charge in [0.1, 0.15) is 0 Å². The lowest BCUT2D eigenvalue weighted by Gasteiger charge is -1.88. The first-order valence-corrected chi connectivity index (χ1v) is 3.53. The molecule has 12 heavy (non-hydrogen) atoms. The average molecular weight is 163 g/mol. The van der Waals surface area contributed by atoms with Crippen molar-refractivity contribution in [3.8, 4) is 0 Å². The molecular formula is C10H13NO. The van der Waals surface area contributed by atoms with Crippen molar-refractivity contribution in [1.82, 2.24) is 6.15 Å². The molecule has 64 valence electrons. The van der Waals surface area contributed by atoms with E-state index in [4.69, 9.17) is 0 Å². The summed E-state index contributed by atoms with van der Waals surface area (Å²) < 4.78 is 0. The van der Waals surface area contributed by atoms with E-state index in [2.05, 4.69) is 0 Å². The van der Waals surface area contributed by atoms with E-state index in [0.29, 0.717) is 0 Å². The molecule has 0 aromatic heterocycles. The fourth-order valence-corrected chi connectivity index (χ4v) is 0.778. The second kappa shape index (κ2) is 5.27. The molecule has 0 bridgehead atoms. The minimum absolute atomic E-state index is 0. The van der Waals surface area contributed by atoms with E-state index in [1.807, 2.05) is 36.4 Å². The topological polar surface area (TPSA) is 52.1 Å². The van der Waals surface area contributed by atoms with E-state index >= 15 is 0 Å². The van der Waals surface area contributed by atoms with Crippen LogP contribution in [-0.2, 0) is 4.79 Å². The van der Waals surface area contributed by atoms with E-state index in [-0.39, 0.29) is 11.9 Å². The first-order chi connectivity index (χ1) is 5.29. The molecule has 0 aliphatic heterocycles. The fourth-order valence-electron chi connectivity index (χ4n) is 0.778. The lowest BCUT2D eigenvalue weighted by atomic mass is 10.2. The van der Waals surface area contributed by atoms with Crippen molar-refractivity contribution in [1.29, 1.82) is 0 Å². The Hall–Kier alpha value is -1.41. The van der Waals surface area contributed by atoms with E-state index in [1.54, 1.807) is 13.0 Å². The second-order valence-electron chi connectivity index (χ2n) is 2.35. The molecule has 0 amide bonds. The molecule has 0 saturated carbocycles. The molecule has 0 aliphatic rings. The van der Waals surface area contributed by atoms with Crippen LogP contribution in [0.2, 0.25) is 0 Å². The quantitative estimate of drug-likeness (QED) is 0.681. The third-order valence-electron chi connectivity index (χ3n) is 1.31. The van der Waals surface area contributed by atoms with Crippen molar-refractivity contribution >= 4 is 11.9 Å². The minimum Gasteiger partial charge on any atom is -0.344 e. The molecule has 1 aromatic carbocycles. The van der Waals surface area contributed by atoms with Gasteiger partial charge in [0, 0.05) is 0 Å². The Morgan fingerprint density at radius 1 is 1.25 bits per heavy atom. The molecule has 0 heterocycles. The number of hydrogen-bond acceptors (Lipinski definition) is 2. The normalized spacial score (nSPS) is 9.42. The van der Waals surface area contributed by atoms with Gasteiger partial charge in [0.25, 0.3) is 0 Å². The van der Waals surface area contributed by atoms with E-state index in [9.17, 15) is 4.79 Å². The minimum atomic E-state index is 0. The molecule has 1 aromatic rings. The fraction of sp³-hybridized carbons (Fsp3) is 0.100. The van der Waals surface area contributed by atoms with Crippen molar-refractivity contribution in [2.24, 2.45) is 0 Å². The smallest absolute Gasteiger partial charge is 0.152 e. The van der Waals surface area contributed by atoms with Crippen LogP contribution in [0, 0.1) is 0 Å². The van der Waals surface area contributed by atoms with Crippen molar-refractivity contribution in [3.05, 3.63) is 42.0 Å². The Morgan fingerprint density at radius 3 is 2.33 bits per heavy atom. The van der Waals surface area contributed by atoms with Crippen LogP contribution >= 0.6 is 0 Å². The lowest BCUT2D eigenvalue weighted by Crippen LogP contribution is -1.79. The molecule has 1 rings (SSSR count). The van der Waals surface area contributed by atoms with Gasteiger partial charge in [-0.05, 0) is 18.6 Å². The second-order valence-corrected chi connectivity index (χ2v) is 2.35. The first kappa shape index (κ1) is 10.6. The Kier molecular flexibility index (Phi) is 4.65. The third kappa shape index (κ3) is 3.68. The van der Waals surface area contributed by atoms with E-state index in [0.717, 1.165) is 5.56 Å². The Labute approximate surface area is 72.5 Å². The lowest BCUT2D eigenvalue weighted by molar-refractivity contribution is -0.112. The first-order valence-electron chi connectivity index (χ1n) is 3.53. The van der Waals surface area contributed by atoms with Crippen LogP contribution < -0.4 is 6.15 Å². The molecule has 0 unspecified atom stereocenters. The van der Waals surface area contributed by atoms with Crippen LogP contribution in [-0.4, -0.2) is 5.78 Å². The molecule has 0 saturated heterocycles. The van der Waals surface area contributed by atoms with Crippen LogP contribution in [0.5, 0.6) is 0 Å². The zero-order valence-corrected chi connectivity index (χ0v) is 7.16. The summed E-state index contributed by atoms with van der Waals surface area (Å²) in [6.45, 7) is 1.54. The van der Waals surface area contributed by atoms with Gasteiger partial charge in [-0.1, -0.05) is 36.4 Å². The monoisotopic (exact) mass is 163 g/mol. The predicted molar refractivity (Wildman–Crippen MR) is 51.2 cm³/mol. The largest absolute Gasteiger partial charge is 0.344 e. The van der Waals surface area contributed by atoms with Gasteiger partial charge < -0.3 is 6.15 Å². The highest BCUT2D eigenvalue weighted by molar-refractivity contribution is 5.91. The Balaban J connectivity index is 0.00000121. The van der Waals surface area contributed by atoms with Gasteiger partial charge in [0.15, 0.2) is 5.78 Å². The van der Waals surface area contributed by atoms with Crippen molar-refractivity contribution in [2.45, 2.75) is 6.92 Å². The maximum atomic E-state index is 10.5. The van der Waals surface area contributed by atoms with Crippen LogP contribution in [0.4, 0.5) is 0 Å². The van der Waals surface area contributed by atoms with Gasteiger partial charge in [0.05, 0.1) is 0 Å². The zero-order chi connectivity index (χ0) is 8.10. The summed E-state index contributed by atoms with van der Waals surface area (Å²) in [5.41, 5.74) is 1.06. The van der Waals surface area contributed by atoms with Gasteiger partial charge in [0.2, 0.25) is 0 Å². The highest BCUT2D eigenvalue weighted by Gasteiger charge is 1.83. The summed E-state index contributed by atoms with van der Waals surface area (Å²) in [5, 5.41) is 0. The highest BCUT2D eigenvalue weighted by atomic mass is 16.1. The van der Waals surface area contributed by atoms with Gasteiger partial charge in [-0.2, -0.15) is 0 Å². The molecule has 2 nitrogen and oxygen atoms in total. The van der Waals surface area contributed by atoms with Crippen molar-refractivity contribution < 1.29 is 4.79 Å². The number of benzene rings is 1. The van der Waals surface area contributed by atoms with Crippen molar-refractivity contribution in [2.75, 3.05) is 0 Å². The summed E-state index contributed by atoms with van der Waals surface area (Å²) >= 11 is 0. The number of ketones is 1. The van der Waals surface area contributed by atoms with E-state index < -0.39 is 0 Å². The molecular weight excluding hydrogens is 150 g/mol. The van der Waals surface area contributed by atoms with Gasteiger partial charge >= 0.3 is 0 Å². The maximum Gasteiger partial charge on any atom is 0.152 e. The molecule has 0 atom stereocenters. The number of carbonyl (C=O) groups is 1.